The molecule has 0 aliphatic heterocycles. The highest BCUT2D eigenvalue weighted by Crippen LogP contribution is 2.24. The van der Waals surface area contributed by atoms with E-state index in [1.807, 2.05) is 24.3 Å². The zero-order valence-corrected chi connectivity index (χ0v) is 11.2. The number of nitrogens with two attached hydrogens (primary N) is 1. The number of pyridine rings is 1. The number of hydrogen-bond donors (Lipinski definition) is 1. The maximum atomic E-state index is 12.9. The van der Waals surface area contributed by atoms with E-state index in [1.54, 1.807) is 12.3 Å². The molecule has 2 aromatic carbocycles. The zero-order chi connectivity index (χ0) is 14.8. The van der Waals surface area contributed by atoms with Crippen molar-refractivity contribution in [1.29, 1.82) is 0 Å². The Labute approximate surface area is 121 Å². The van der Waals surface area contributed by atoms with Crippen molar-refractivity contribution in [3.63, 3.8) is 0 Å². The molecule has 3 rings (SSSR count). The highest BCUT2D eigenvalue weighted by molar-refractivity contribution is 6.02. The van der Waals surface area contributed by atoms with Crippen molar-refractivity contribution >= 4 is 16.7 Å². The number of rotatable bonds is 3. The van der Waals surface area contributed by atoms with Crippen molar-refractivity contribution in [2.24, 2.45) is 5.73 Å². The smallest absolute Gasteiger partial charge is 0.184 e. The quantitative estimate of drug-likeness (QED) is 0.749. The van der Waals surface area contributed by atoms with Crippen molar-refractivity contribution in [2.45, 2.75) is 6.04 Å². The summed E-state index contributed by atoms with van der Waals surface area (Å²) < 4.78 is 12.9. The number of carbonyl (C=O) groups excluding carboxylic acids is 1. The molecule has 0 radical (unpaired) electrons. The Hall–Kier alpha value is -2.59. The average Bonchev–Trinajstić information content (AvgIpc) is 2.53. The third kappa shape index (κ3) is 2.53. The second kappa shape index (κ2) is 5.42. The third-order valence-corrected chi connectivity index (χ3v) is 3.43. The molecule has 1 atom stereocenters. The van der Waals surface area contributed by atoms with Crippen molar-refractivity contribution in [3.8, 4) is 0 Å². The highest BCUT2D eigenvalue weighted by atomic mass is 19.1. The molecule has 1 heterocycles. The van der Waals surface area contributed by atoms with Gasteiger partial charge in [-0.05, 0) is 42.0 Å². The Kier molecular flexibility index (Phi) is 3.46. The van der Waals surface area contributed by atoms with Crippen molar-refractivity contribution in [1.82, 2.24) is 4.98 Å². The van der Waals surface area contributed by atoms with Crippen molar-refractivity contribution in [3.05, 3.63) is 77.7 Å². The average molecular weight is 280 g/mol. The second-order valence-electron chi connectivity index (χ2n) is 4.77. The summed E-state index contributed by atoms with van der Waals surface area (Å²) in [5.74, 6) is -0.624. The SMILES string of the molecule is NC(C(=O)c1ccc(F)cc1)c1ccnc2ccccc12. The number of ketones is 1. The van der Waals surface area contributed by atoms with Gasteiger partial charge in [-0.25, -0.2) is 4.39 Å². The molecule has 104 valence electrons. The van der Waals surface area contributed by atoms with E-state index in [9.17, 15) is 9.18 Å². The van der Waals surface area contributed by atoms with E-state index in [0.29, 0.717) is 5.56 Å². The molecule has 2 N–H and O–H groups in total. The summed E-state index contributed by atoms with van der Waals surface area (Å²) in [7, 11) is 0. The lowest BCUT2D eigenvalue weighted by Gasteiger charge is -2.13. The maximum Gasteiger partial charge on any atom is 0.184 e. The fourth-order valence-corrected chi connectivity index (χ4v) is 2.32. The molecule has 0 aliphatic rings. The number of Topliss-reactive ketones (excluding diaryl/α,β-unsaturated/α-hetero) is 1. The summed E-state index contributed by atoms with van der Waals surface area (Å²) in [6.07, 6.45) is 1.63. The summed E-state index contributed by atoms with van der Waals surface area (Å²) >= 11 is 0. The number of nitrogens with zero attached hydrogens (tertiary/aromatic N) is 1. The van der Waals surface area contributed by atoms with Crippen LogP contribution in [0.15, 0.2) is 60.8 Å². The van der Waals surface area contributed by atoms with E-state index in [4.69, 9.17) is 5.73 Å². The van der Waals surface area contributed by atoms with Crippen LogP contribution in [0, 0.1) is 5.82 Å². The Morgan fingerprint density at radius 3 is 2.52 bits per heavy atom. The summed E-state index contributed by atoms with van der Waals surface area (Å²) in [6, 6.07) is 13.9. The minimum Gasteiger partial charge on any atom is -0.317 e. The fourth-order valence-electron chi connectivity index (χ4n) is 2.32. The Morgan fingerprint density at radius 2 is 1.76 bits per heavy atom. The number of aromatic nitrogens is 1. The molecule has 21 heavy (non-hydrogen) atoms. The van der Waals surface area contributed by atoms with Gasteiger partial charge in [-0.2, -0.15) is 0 Å². The van der Waals surface area contributed by atoms with Crippen molar-refractivity contribution < 1.29 is 9.18 Å². The molecule has 1 aromatic heterocycles. The summed E-state index contributed by atoms with van der Waals surface area (Å²) in [5, 5.41) is 0.850. The molecule has 0 amide bonds. The van der Waals surface area contributed by atoms with Crippen LogP contribution in [0.1, 0.15) is 22.0 Å². The van der Waals surface area contributed by atoms with Gasteiger partial charge < -0.3 is 5.73 Å². The highest BCUT2D eigenvalue weighted by Gasteiger charge is 2.19. The van der Waals surface area contributed by atoms with Crippen LogP contribution in [0.25, 0.3) is 10.9 Å². The summed E-state index contributed by atoms with van der Waals surface area (Å²) in [6.45, 7) is 0. The third-order valence-electron chi connectivity index (χ3n) is 3.43. The minimum atomic E-state index is -0.802. The van der Waals surface area contributed by atoms with E-state index in [1.165, 1.54) is 24.3 Å². The van der Waals surface area contributed by atoms with Crippen LogP contribution in [0.3, 0.4) is 0 Å². The monoisotopic (exact) mass is 280 g/mol. The molecular formula is C17H13FN2O. The van der Waals surface area contributed by atoms with E-state index in [0.717, 1.165) is 16.5 Å². The Morgan fingerprint density at radius 1 is 1.05 bits per heavy atom. The molecule has 0 aliphatic carbocycles. The lowest BCUT2D eigenvalue weighted by Crippen LogP contribution is -2.22. The molecule has 0 saturated heterocycles. The van der Waals surface area contributed by atoms with Crippen LogP contribution in [-0.4, -0.2) is 10.8 Å². The first kappa shape index (κ1) is 13.4. The largest absolute Gasteiger partial charge is 0.317 e. The first-order valence-electron chi connectivity index (χ1n) is 6.56. The summed E-state index contributed by atoms with van der Waals surface area (Å²) in [4.78, 5) is 16.7. The van der Waals surface area contributed by atoms with Gasteiger partial charge in [-0.1, -0.05) is 18.2 Å². The number of carbonyl (C=O) groups is 1. The molecule has 3 nitrogen and oxygen atoms in total. The molecule has 0 saturated carbocycles. The van der Waals surface area contributed by atoms with E-state index in [-0.39, 0.29) is 11.6 Å². The van der Waals surface area contributed by atoms with Crippen LogP contribution in [-0.2, 0) is 0 Å². The predicted octanol–water partition coefficient (Wildman–Crippen LogP) is 3.26. The number of halogens is 1. The Bertz CT molecular complexity index is 794. The number of hydrogen-bond acceptors (Lipinski definition) is 3. The van der Waals surface area contributed by atoms with Gasteiger partial charge in [0.1, 0.15) is 5.82 Å². The molecule has 0 bridgehead atoms. The topological polar surface area (TPSA) is 56.0 Å². The van der Waals surface area contributed by atoms with Gasteiger partial charge in [-0.15, -0.1) is 0 Å². The molecule has 3 aromatic rings. The number of fused-ring (bicyclic) bond motifs is 1. The van der Waals surface area contributed by atoms with Gasteiger partial charge in [-0.3, -0.25) is 9.78 Å². The molecule has 4 heteroatoms. The number of benzene rings is 2. The predicted molar refractivity (Wildman–Crippen MR) is 79.4 cm³/mol. The van der Waals surface area contributed by atoms with Gasteiger partial charge in [0.2, 0.25) is 0 Å². The van der Waals surface area contributed by atoms with Crippen molar-refractivity contribution in [2.75, 3.05) is 0 Å². The maximum absolute atomic E-state index is 12.9. The second-order valence-corrected chi connectivity index (χ2v) is 4.77. The van der Waals surface area contributed by atoms with Gasteiger partial charge in [0.25, 0.3) is 0 Å². The fraction of sp³-hybridized carbons (Fsp3) is 0.0588. The van der Waals surface area contributed by atoms with E-state index in [2.05, 4.69) is 4.98 Å². The van der Waals surface area contributed by atoms with Crippen LogP contribution >= 0.6 is 0 Å². The van der Waals surface area contributed by atoms with E-state index < -0.39 is 6.04 Å². The first-order chi connectivity index (χ1) is 10.2. The van der Waals surface area contributed by atoms with Crippen LogP contribution in [0.4, 0.5) is 4.39 Å². The van der Waals surface area contributed by atoms with Crippen LogP contribution in [0.2, 0.25) is 0 Å². The molecule has 1 unspecified atom stereocenters. The molecular weight excluding hydrogens is 267 g/mol. The van der Waals surface area contributed by atoms with Crippen LogP contribution < -0.4 is 5.73 Å². The zero-order valence-electron chi connectivity index (χ0n) is 11.2. The first-order valence-corrected chi connectivity index (χ1v) is 6.56. The van der Waals surface area contributed by atoms with Gasteiger partial charge in [0.05, 0.1) is 11.6 Å². The van der Waals surface area contributed by atoms with Gasteiger partial charge >= 0.3 is 0 Å². The van der Waals surface area contributed by atoms with Crippen LogP contribution in [0.5, 0.6) is 0 Å². The normalized spacial score (nSPS) is 12.3. The lowest BCUT2D eigenvalue weighted by molar-refractivity contribution is 0.0962. The van der Waals surface area contributed by atoms with Gasteiger partial charge in [0.15, 0.2) is 5.78 Å². The number of para-hydroxylation sites is 1. The Balaban J connectivity index is 2.02. The summed E-state index contributed by atoms with van der Waals surface area (Å²) in [5.41, 5.74) is 8.00. The molecule has 0 fully saturated rings. The standard InChI is InChI=1S/C17H13FN2O/c18-12-7-5-11(6-8-12)17(21)16(19)14-9-10-20-15-4-2-1-3-13(14)15/h1-10,16H,19H2. The minimum absolute atomic E-state index is 0.244. The molecule has 0 spiro atoms. The van der Waals surface area contributed by atoms with E-state index >= 15 is 0 Å². The van der Waals surface area contributed by atoms with Gasteiger partial charge in [0, 0.05) is 17.1 Å². The lowest BCUT2D eigenvalue weighted by atomic mass is 9.95.